The topological polar surface area (TPSA) is 98.0 Å². The van der Waals surface area contributed by atoms with Gasteiger partial charge in [0.2, 0.25) is 5.71 Å². The summed E-state index contributed by atoms with van der Waals surface area (Å²) in [5.74, 6) is -0.383. The smallest absolute Gasteiger partial charge is 0.201 e. The zero-order chi connectivity index (χ0) is 13.9. The summed E-state index contributed by atoms with van der Waals surface area (Å²) in [7, 11) is 0. The van der Waals surface area contributed by atoms with Gasteiger partial charge in [0.1, 0.15) is 6.07 Å². The lowest BCUT2D eigenvalue weighted by atomic mass is 10.2. The van der Waals surface area contributed by atoms with Crippen LogP contribution in [0.15, 0.2) is 24.6 Å². The van der Waals surface area contributed by atoms with E-state index in [1.807, 2.05) is 13.0 Å². The third-order valence-corrected chi connectivity index (χ3v) is 4.48. The molecule has 0 unspecified atom stereocenters. The number of rotatable bonds is 3. The van der Waals surface area contributed by atoms with Gasteiger partial charge in [0, 0.05) is 13.4 Å². The molecule has 0 aliphatic carbocycles. The first kappa shape index (κ1) is 15.1. The van der Waals surface area contributed by atoms with E-state index < -0.39 is 0 Å². The van der Waals surface area contributed by atoms with E-state index in [9.17, 15) is 0 Å². The summed E-state index contributed by atoms with van der Waals surface area (Å²) in [6.45, 7) is 1.92. The number of hydrogen-bond acceptors (Lipinski definition) is 4. The van der Waals surface area contributed by atoms with Crippen LogP contribution in [0.2, 0.25) is 0 Å². The summed E-state index contributed by atoms with van der Waals surface area (Å²) < 4.78 is 2.49. The predicted octanol–water partition coefficient (Wildman–Crippen LogP) is 3.51. The maximum absolute atomic E-state index is 8.74. The molecular formula is C10H8Br3N5. The maximum atomic E-state index is 8.74. The van der Waals surface area contributed by atoms with E-state index in [1.165, 1.54) is 0 Å². The highest BCUT2D eigenvalue weighted by atomic mass is 79.9. The lowest BCUT2D eigenvalue weighted by molar-refractivity contribution is 1.28. The molecule has 94 valence electrons. The predicted molar refractivity (Wildman–Crippen MR) is 82.9 cm³/mol. The van der Waals surface area contributed by atoms with Gasteiger partial charge in [-0.2, -0.15) is 10.4 Å². The van der Waals surface area contributed by atoms with Crippen LogP contribution in [0.4, 0.5) is 5.69 Å². The van der Waals surface area contributed by atoms with Crippen molar-refractivity contribution in [1.29, 1.82) is 10.7 Å². The molecule has 0 aromatic heterocycles. The van der Waals surface area contributed by atoms with Gasteiger partial charge < -0.3 is 5.73 Å². The minimum atomic E-state index is -0.383. The molecule has 8 heteroatoms. The molecule has 0 amide bonds. The standard InChI is InChI=1S/C10H8Br3N5/c1-4-5(11)2-6(12)9(8(4)13)18-17-7(3-14)10(15)16/h2,18H,1H3,(H3,15,16)/b17-7+. The summed E-state index contributed by atoms with van der Waals surface area (Å²) in [5.41, 5.74) is 9.38. The second-order valence-electron chi connectivity index (χ2n) is 3.25. The summed E-state index contributed by atoms with van der Waals surface area (Å²) in [4.78, 5) is 0. The minimum absolute atomic E-state index is 0.172. The Morgan fingerprint density at radius 3 is 2.56 bits per heavy atom. The Hall–Kier alpha value is -0.910. The van der Waals surface area contributed by atoms with E-state index in [1.54, 1.807) is 6.07 Å². The molecule has 1 aromatic carbocycles. The molecule has 1 aromatic rings. The van der Waals surface area contributed by atoms with E-state index in [4.69, 9.17) is 16.4 Å². The van der Waals surface area contributed by atoms with Crippen molar-refractivity contribution in [2.45, 2.75) is 6.92 Å². The molecule has 0 aliphatic heterocycles. The molecule has 0 bridgehead atoms. The number of amidine groups is 1. The fourth-order valence-corrected chi connectivity index (χ4v) is 3.35. The number of halogens is 3. The average Bonchev–Trinajstić information content (AvgIpc) is 2.30. The number of hydrazone groups is 1. The van der Waals surface area contributed by atoms with Gasteiger partial charge in [0.05, 0.1) is 5.69 Å². The van der Waals surface area contributed by atoms with Crippen molar-refractivity contribution in [1.82, 2.24) is 0 Å². The van der Waals surface area contributed by atoms with Crippen molar-refractivity contribution >= 4 is 65.0 Å². The second kappa shape index (κ2) is 6.31. The Morgan fingerprint density at radius 2 is 2.06 bits per heavy atom. The Bertz CT molecular complexity index is 574. The SMILES string of the molecule is Cc1c(Br)cc(Br)c(N/N=C(\C#N)C(=N)N)c1Br. The van der Waals surface area contributed by atoms with Crippen LogP contribution in [0.5, 0.6) is 0 Å². The number of nitrogens with two attached hydrogens (primary N) is 1. The first-order chi connectivity index (χ1) is 8.38. The van der Waals surface area contributed by atoms with E-state index in [0.717, 1.165) is 19.0 Å². The molecule has 0 atom stereocenters. The van der Waals surface area contributed by atoms with Crippen LogP contribution in [0.1, 0.15) is 5.56 Å². The van der Waals surface area contributed by atoms with Crippen LogP contribution in [0, 0.1) is 23.7 Å². The van der Waals surface area contributed by atoms with Crippen molar-refractivity contribution in [3.05, 3.63) is 25.0 Å². The van der Waals surface area contributed by atoms with E-state index in [0.29, 0.717) is 5.69 Å². The Morgan fingerprint density at radius 1 is 1.44 bits per heavy atom. The number of hydrogen-bond donors (Lipinski definition) is 3. The molecule has 0 heterocycles. The monoisotopic (exact) mass is 435 g/mol. The van der Waals surface area contributed by atoms with Gasteiger partial charge in [-0.25, -0.2) is 0 Å². The van der Waals surface area contributed by atoms with Gasteiger partial charge in [-0.1, -0.05) is 15.9 Å². The van der Waals surface area contributed by atoms with Gasteiger partial charge in [0.15, 0.2) is 5.84 Å². The third-order valence-electron chi connectivity index (χ3n) is 2.04. The number of benzene rings is 1. The van der Waals surface area contributed by atoms with Gasteiger partial charge >= 0.3 is 0 Å². The second-order valence-corrected chi connectivity index (χ2v) is 5.75. The normalized spacial score (nSPS) is 10.9. The van der Waals surface area contributed by atoms with Gasteiger partial charge in [0.25, 0.3) is 0 Å². The number of nitrogens with zero attached hydrogens (tertiary/aromatic N) is 2. The Labute approximate surface area is 129 Å². The highest BCUT2D eigenvalue weighted by Crippen LogP contribution is 2.37. The van der Waals surface area contributed by atoms with Crippen molar-refractivity contribution < 1.29 is 0 Å². The summed E-state index contributed by atoms with van der Waals surface area (Å²) >= 11 is 10.2. The minimum Gasteiger partial charge on any atom is -0.382 e. The van der Waals surface area contributed by atoms with E-state index in [-0.39, 0.29) is 11.5 Å². The summed E-state index contributed by atoms with van der Waals surface area (Å²) in [6, 6.07) is 3.59. The fraction of sp³-hybridized carbons (Fsp3) is 0.100. The van der Waals surface area contributed by atoms with Crippen molar-refractivity contribution in [2.24, 2.45) is 10.8 Å². The van der Waals surface area contributed by atoms with Crippen molar-refractivity contribution in [3.63, 3.8) is 0 Å². The van der Waals surface area contributed by atoms with Crippen LogP contribution >= 0.6 is 47.8 Å². The molecule has 18 heavy (non-hydrogen) atoms. The molecule has 0 radical (unpaired) electrons. The van der Waals surface area contributed by atoms with Crippen LogP contribution < -0.4 is 11.2 Å². The van der Waals surface area contributed by atoms with Crippen LogP contribution in [0.3, 0.4) is 0 Å². The van der Waals surface area contributed by atoms with Crippen LogP contribution in [-0.4, -0.2) is 11.5 Å². The zero-order valence-corrected chi connectivity index (χ0v) is 13.9. The molecule has 0 spiro atoms. The first-order valence-electron chi connectivity index (χ1n) is 4.60. The molecule has 0 fully saturated rings. The third kappa shape index (κ3) is 3.31. The van der Waals surface area contributed by atoms with Crippen molar-refractivity contribution in [3.8, 4) is 6.07 Å². The van der Waals surface area contributed by atoms with Gasteiger partial charge in [-0.15, -0.1) is 0 Å². The fourth-order valence-electron chi connectivity index (χ4n) is 1.05. The average molecular weight is 438 g/mol. The first-order valence-corrected chi connectivity index (χ1v) is 6.98. The molecule has 5 nitrogen and oxygen atoms in total. The molecule has 0 saturated heterocycles. The highest BCUT2D eigenvalue weighted by Gasteiger charge is 2.11. The lowest BCUT2D eigenvalue weighted by Gasteiger charge is -2.11. The van der Waals surface area contributed by atoms with E-state index in [2.05, 4.69) is 58.3 Å². The molecular weight excluding hydrogens is 430 g/mol. The molecule has 0 aliphatic rings. The van der Waals surface area contributed by atoms with E-state index >= 15 is 0 Å². The number of nitriles is 1. The zero-order valence-electron chi connectivity index (χ0n) is 9.18. The van der Waals surface area contributed by atoms with Gasteiger partial charge in [-0.3, -0.25) is 10.8 Å². The molecule has 4 N–H and O–H groups in total. The summed E-state index contributed by atoms with van der Waals surface area (Å²) in [6.07, 6.45) is 0. The number of anilines is 1. The molecule has 0 saturated carbocycles. The molecule has 1 rings (SSSR count). The van der Waals surface area contributed by atoms with Gasteiger partial charge in [-0.05, 0) is 50.4 Å². The largest absolute Gasteiger partial charge is 0.382 e. The quantitative estimate of drug-likeness (QED) is 0.383. The van der Waals surface area contributed by atoms with Crippen LogP contribution in [0.25, 0.3) is 0 Å². The van der Waals surface area contributed by atoms with Crippen molar-refractivity contribution in [2.75, 3.05) is 5.43 Å². The highest BCUT2D eigenvalue weighted by molar-refractivity contribution is 9.11. The van der Waals surface area contributed by atoms with Crippen LogP contribution in [-0.2, 0) is 0 Å². The lowest BCUT2D eigenvalue weighted by Crippen LogP contribution is -2.22. The Kier molecular flexibility index (Phi) is 5.31. The maximum Gasteiger partial charge on any atom is 0.201 e. The number of nitrogens with one attached hydrogen (secondary N) is 2. The summed E-state index contributed by atoms with van der Waals surface area (Å²) in [5, 5.41) is 19.7. The Balaban J connectivity index is 3.18.